The highest BCUT2D eigenvalue weighted by Gasteiger charge is 2.52. The van der Waals surface area contributed by atoms with E-state index in [4.69, 9.17) is 14.3 Å². The van der Waals surface area contributed by atoms with Gasteiger partial charge in [0.25, 0.3) is 20.2 Å². The number of benzene rings is 4. The number of rotatable bonds is 7. The largest absolute Gasteiger partial charge is 0.397 e. The number of hydrogen-bond acceptors (Lipinski definition) is 10. The van der Waals surface area contributed by atoms with Gasteiger partial charge in [0.05, 0.1) is 22.8 Å². The van der Waals surface area contributed by atoms with E-state index in [9.17, 15) is 25.9 Å². The second-order valence-electron chi connectivity index (χ2n) is 12.0. The highest BCUT2D eigenvalue weighted by Crippen LogP contribution is 2.52. The van der Waals surface area contributed by atoms with Gasteiger partial charge in [-0.25, -0.2) is 11.0 Å². The van der Waals surface area contributed by atoms with E-state index in [-0.39, 0.29) is 57.9 Å². The van der Waals surface area contributed by atoms with Crippen molar-refractivity contribution in [3.8, 4) is 11.1 Å². The third-order valence-electron chi connectivity index (χ3n) is 9.56. The molecule has 2 unspecified atom stereocenters. The smallest absolute Gasteiger partial charge is 0.279 e. The van der Waals surface area contributed by atoms with Crippen LogP contribution in [0.25, 0.3) is 22.5 Å². The summed E-state index contributed by atoms with van der Waals surface area (Å²) < 4.78 is 85.8. The Morgan fingerprint density at radius 2 is 1.02 bits per heavy atom. The molecule has 6 rings (SSSR count). The van der Waals surface area contributed by atoms with Crippen LogP contribution >= 0.6 is 0 Å². The second kappa shape index (κ2) is 11.3. The molecule has 0 amide bonds. The molecular formula is C34H32N6O6S2. The molecule has 0 saturated carbocycles. The molecule has 246 valence electrons. The number of nitrogens with two attached hydrogens (primary N) is 2. The fourth-order valence-electron chi connectivity index (χ4n) is 7.19. The molecule has 2 aliphatic carbocycles. The van der Waals surface area contributed by atoms with E-state index in [2.05, 4.69) is 21.3 Å². The van der Waals surface area contributed by atoms with Gasteiger partial charge in [0.1, 0.15) is 0 Å². The molecule has 48 heavy (non-hydrogen) atoms. The van der Waals surface area contributed by atoms with Crippen molar-refractivity contribution in [1.82, 2.24) is 0 Å². The lowest BCUT2D eigenvalue weighted by molar-refractivity contribution is 0.439. The van der Waals surface area contributed by atoms with E-state index in [1.54, 1.807) is 98.8 Å². The molecule has 2 atom stereocenters. The minimum Gasteiger partial charge on any atom is -0.397 e. The first-order valence-corrected chi connectivity index (χ1v) is 17.5. The molecule has 0 radical (unpaired) electrons. The van der Waals surface area contributed by atoms with Crippen LogP contribution in [0.2, 0.25) is 2.82 Å². The fraction of sp³-hybridized carbons (Fsp3) is 0.176. The summed E-state index contributed by atoms with van der Waals surface area (Å²) in [6.45, 7) is 3.55. The van der Waals surface area contributed by atoms with Gasteiger partial charge in [0.2, 0.25) is 2.82 Å². The van der Waals surface area contributed by atoms with Gasteiger partial charge in [-0.05, 0) is 58.4 Å². The first-order valence-electron chi connectivity index (χ1n) is 15.6. The summed E-state index contributed by atoms with van der Waals surface area (Å²) in [6.07, 6.45) is -0.743. The second-order valence-corrected chi connectivity index (χ2v) is 15.3. The maximum absolute atomic E-state index is 13.4. The summed E-state index contributed by atoms with van der Waals surface area (Å²) in [7, 11) is -9.76. The van der Waals surface area contributed by atoms with Crippen molar-refractivity contribution in [2.24, 2.45) is 21.7 Å². The molecule has 0 aliphatic heterocycles. The van der Waals surface area contributed by atoms with Crippen LogP contribution in [0.1, 0.15) is 57.3 Å². The minimum atomic E-state index is -4.88. The summed E-state index contributed by atoms with van der Waals surface area (Å²) >= 11 is 0. The standard InChI is InChI=1S/C34H32N6O6S2/c1-19-15-21(33(47(41,42)43)17-29(39-37)31(35)25-7-3-5-9-27(25)33)11-13-23(19)24-14-12-22(16-20(24)2)34(48(44,45)46)18-30(40-38)32(36)26-8-4-6-10-28(26)34/h3-16,37-38H,17-18,35-36H2,1-2H3,(H,41,42,43)(H,44,45,46)/b39-37+,40-38+. The van der Waals surface area contributed by atoms with E-state index in [1.165, 1.54) is 0 Å². The quantitative estimate of drug-likeness (QED) is 0.0944. The van der Waals surface area contributed by atoms with Crippen LogP contribution in [-0.4, -0.2) is 25.9 Å². The predicted octanol–water partition coefficient (Wildman–Crippen LogP) is 6.36. The van der Waals surface area contributed by atoms with Crippen LogP contribution in [0.5, 0.6) is 0 Å². The Balaban J connectivity index is 1.51. The van der Waals surface area contributed by atoms with Gasteiger partial charge in [-0.2, -0.15) is 27.1 Å². The average Bonchev–Trinajstić information content (AvgIpc) is 3.06. The monoisotopic (exact) mass is 684 g/mol. The predicted molar refractivity (Wildman–Crippen MR) is 181 cm³/mol. The van der Waals surface area contributed by atoms with Gasteiger partial charge < -0.3 is 11.5 Å². The molecule has 14 heteroatoms. The van der Waals surface area contributed by atoms with Gasteiger partial charge in [-0.15, -0.1) is 0 Å². The van der Waals surface area contributed by atoms with Crippen molar-refractivity contribution in [1.29, 1.82) is 11.0 Å². The average molecular weight is 685 g/mol. The Bertz CT molecular complexity index is 2260. The fourth-order valence-corrected chi connectivity index (χ4v) is 9.59. The Kier molecular flexibility index (Phi) is 7.14. The Hall–Kier alpha value is -5.02. The Labute approximate surface area is 280 Å². The molecule has 0 heterocycles. The van der Waals surface area contributed by atoms with E-state index in [0.29, 0.717) is 33.4 Å². The Morgan fingerprint density at radius 1 is 0.646 bits per heavy atom. The number of allylic oxidation sites excluding steroid dienone is 2. The van der Waals surface area contributed by atoms with Crippen LogP contribution in [0.15, 0.2) is 107 Å². The van der Waals surface area contributed by atoms with Crippen molar-refractivity contribution in [3.63, 3.8) is 0 Å². The molecule has 8 N–H and O–H groups in total. The van der Waals surface area contributed by atoms with Crippen LogP contribution in [-0.2, 0) is 29.7 Å². The number of nitrogens with one attached hydrogen (secondary N) is 2. The molecule has 4 aromatic rings. The summed E-state index contributed by atoms with van der Waals surface area (Å²) in [6, 6.07) is 22.9. The maximum Gasteiger partial charge on any atom is 0.279 e. The van der Waals surface area contributed by atoms with Gasteiger partial charge in [-0.1, -0.05) is 84.9 Å². The number of fused-ring (bicyclic) bond motifs is 2. The molecule has 0 fully saturated rings. The van der Waals surface area contributed by atoms with E-state index in [1.807, 2.05) is 0 Å². The van der Waals surface area contributed by atoms with E-state index >= 15 is 0 Å². The Morgan fingerprint density at radius 3 is 1.35 bits per heavy atom. The summed E-state index contributed by atoms with van der Waals surface area (Å²) in [5.74, 6) is 0. The minimum absolute atomic E-state index is 0.0329. The van der Waals surface area contributed by atoms with Gasteiger partial charge in [0, 0.05) is 24.0 Å². The van der Waals surface area contributed by atoms with Crippen LogP contribution in [0, 0.1) is 24.9 Å². The highest BCUT2D eigenvalue weighted by atomic mass is 32.2. The molecule has 2 aliphatic rings. The first kappa shape index (κ1) is 30.3. The molecular weight excluding hydrogens is 653 g/mol. The first-order chi connectivity index (χ1) is 23.6. The summed E-state index contributed by atoms with van der Waals surface area (Å²) in [5.41, 5.74) is 23.4. The molecule has 0 saturated heterocycles. The lowest BCUT2D eigenvalue weighted by Crippen LogP contribution is -2.41. The summed E-state index contributed by atoms with van der Waals surface area (Å²) in [4.78, 5) is 0. The zero-order valence-corrected chi connectivity index (χ0v) is 27.4. The lowest BCUT2D eigenvalue weighted by atomic mass is 9.77. The molecule has 0 spiro atoms. The number of hydrogen-bond donors (Lipinski definition) is 6. The zero-order chi connectivity index (χ0) is 36.2. The normalized spacial score (nSPS) is 22.1. The van der Waals surface area contributed by atoms with E-state index < -0.39 is 29.7 Å². The molecule has 12 nitrogen and oxygen atoms in total. The van der Waals surface area contributed by atoms with Gasteiger partial charge in [0.15, 0.2) is 9.49 Å². The van der Waals surface area contributed by atoms with Crippen molar-refractivity contribution in [2.45, 2.75) is 36.2 Å². The van der Waals surface area contributed by atoms with Crippen LogP contribution < -0.4 is 11.5 Å². The third-order valence-corrected chi connectivity index (χ3v) is 12.5. The zero-order valence-electron chi connectivity index (χ0n) is 27.8. The van der Waals surface area contributed by atoms with Gasteiger partial charge in [-0.3, -0.25) is 9.11 Å². The molecule has 0 aromatic heterocycles. The van der Waals surface area contributed by atoms with Crippen molar-refractivity contribution in [2.75, 3.05) is 0 Å². The molecule has 0 bridgehead atoms. The SMILES string of the molecule is [H]/N=N/C1=C(N)c2ccccc2C(c2ccc(-c3ccc(C4(S(=O)(=O)O)CC(/N=N/[H])=C(N)c5ccccc54)cc3C)c(C)c2)(S(=O)(=O)O)C1. The number of aryl methyl sites for hydroxylation is 2. The topological polar surface area (TPSA) is 233 Å². The highest BCUT2D eigenvalue weighted by molar-refractivity contribution is 7.87. The van der Waals surface area contributed by atoms with Crippen molar-refractivity contribution >= 4 is 31.6 Å². The van der Waals surface area contributed by atoms with Crippen molar-refractivity contribution < 1.29 is 28.8 Å². The van der Waals surface area contributed by atoms with Crippen molar-refractivity contribution in [3.05, 3.63) is 141 Å². The number of nitrogens with zero attached hydrogens (tertiary/aromatic N) is 2. The van der Waals surface area contributed by atoms with Crippen LogP contribution in [0.3, 0.4) is 0 Å². The van der Waals surface area contributed by atoms with Crippen LogP contribution in [0.4, 0.5) is 0 Å². The summed E-state index contributed by atoms with van der Waals surface area (Å²) in [5, 5.41) is 7.56. The lowest BCUT2D eigenvalue weighted by Gasteiger charge is -2.37. The molecule has 4 aromatic carbocycles. The third kappa shape index (κ3) is 4.63. The van der Waals surface area contributed by atoms with E-state index in [0.717, 1.165) is 0 Å². The van der Waals surface area contributed by atoms with Gasteiger partial charge >= 0.3 is 0 Å². The maximum atomic E-state index is 13.4.